The zero-order chi connectivity index (χ0) is 29.6. The van der Waals surface area contributed by atoms with E-state index in [0.717, 1.165) is 16.7 Å². The molecule has 1 saturated heterocycles. The second kappa shape index (κ2) is 11.3. The lowest BCUT2D eigenvalue weighted by Crippen LogP contribution is -2.67. The highest BCUT2D eigenvalue weighted by Crippen LogP contribution is 2.52. The van der Waals surface area contributed by atoms with E-state index in [9.17, 15) is 19.5 Å². The third-order valence-corrected chi connectivity index (χ3v) is 8.71. The number of carbonyl (C=O) groups excluding carboxylic acids is 3. The van der Waals surface area contributed by atoms with Crippen molar-refractivity contribution < 1.29 is 29.0 Å². The minimum absolute atomic E-state index is 0.0493. The number of ether oxygens (including phenoxy) is 2. The van der Waals surface area contributed by atoms with E-state index < -0.39 is 12.1 Å². The number of methoxy groups -OCH3 is 2. The average Bonchev–Trinajstić information content (AvgIpc) is 2.92. The number of aryl methyl sites for hydroxylation is 1. The van der Waals surface area contributed by atoms with E-state index in [1.807, 2.05) is 27.8 Å². The highest BCUT2D eigenvalue weighted by atomic mass is 16.5. The second-order valence-corrected chi connectivity index (χ2v) is 10.8. The molecule has 1 amide bonds. The molecule has 1 aromatic rings. The van der Waals surface area contributed by atoms with E-state index in [1.165, 1.54) is 7.11 Å². The summed E-state index contributed by atoms with van der Waals surface area (Å²) in [5.41, 5.74) is 9.65. The van der Waals surface area contributed by atoms with E-state index in [4.69, 9.17) is 15.2 Å². The van der Waals surface area contributed by atoms with Crippen molar-refractivity contribution in [3.63, 3.8) is 0 Å². The molecule has 0 aromatic heterocycles. The Morgan fingerprint density at radius 3 is 2.45 bits per heavy atom. The van der Waals surface area contributed by atoms with Gasteiger partial charge >= 0.3 is 0 Å². The molecule has 0 radical (unpaired) electrons. The summed E-state index contributed by atoms with van der Waals surface area (Å²) in [5.74, 6) is -0.260. The lowest BCUT2D eigenvalue weighted by Gasteiger charge is -2.58. The number of phenols is 1. The van der Waals surface area contributed by atoms with Crippen LogP contribution in [0, 0.1) is 6.92 Å². The van der Waals surface area contributed by atoms with Crippen molar-refractivity contribution in [3.8, 4) is 11.5 Å². The van der Waals surface area contributed by atoms with Crippen LogP contribution in [-0.4, -0.2) is 90.9 Å². The lowest BCUT2D eigenvalue weighted by atomic mass is 9.71. The molecular formula is C30H42N4O6. The van der Waals surface area contributed by atoms with Gasteiger partial charge in [0.1, 0.15) is 0 Å². The van der Waals surface area contributed by atoms with Gasteiger partial charge in [0.25, 0.3) is 0 Å². The number of hydrogen-bond donors (Lipinski definition) is 3. The topological polar surface area (TPSA) is 134 Å². The monoisotopic (exact) mass is 554 g/mol. The van der Waals surface area contributed by atoms with E-state index >= 15 is 0 Å². The normalized spacial score (nSPS) is 26.7. The highest BCUT2D eigenvalue weighted by Gasteiger charge is 2.54. The van der Waals surface area contributed by atoms with Gasteiger partial charge in [0, 0.05) is 47.5 Å². The molecule has 10 heteroatoms. The minimum atomic E-state index is -0.713. The number of phenolic OH excluding ortho intramolecular Hbond substituents is 1. The number of hydrogen-bond acceptors (Lipinski definition) is 9. The molecule has 1 aliphatic carbocycles. The first-order valence-electron chi connectivity index (χ1n) is 14.0. The van der Waals surface area contributed by atoms with Crippen LogP contribution in [0.15, 0.2) is 28.5 Å². The molecule has 10 nitrogen and oxygen atoms in total. The summed E-state index contributed by atoms with van der Waals surface area (Å²) in [7, 11) is 4.98. The van der Waals surface area contributed by atoms with Gasteiger partial charge in [0.15, 0.2) is 23.0 Å². The highest BCUT2D eigenvalue weighted by molar-refractivity contribution is 6.25. The Morgan fingerprint density at radius 2 is 1.85 bits per heavy atom. The van der Waals surface area contributed by atoms with Crippen LogP contribution < -0.4 is 15.8 Å². The van der Waals surface area contributed by atoms with Crippen molar-refractivity contribution in [2.75, 3.05) is 34.4 Å². The van der Waals surface area contributed by atoms with Crippen molar-refractivity contribution in [2.24, 2.45) is 5.73 Å². The van der Waals surface area contributed by atoms with Crippen LogP contribution in [0.4, 0.5) is 0 Å². The maximum Gasteiger partial charge on any atom is 0.236 e. The zero-order valence-corrected chi connectivity index (χ0v) is 24.8. The summed E-state index contributed by atoms with van der Waals surface area (Å²) >= 11 is 0. The Hall–Kier alpha value is -3.21. The number of Topliss-reactive ketones (excluding diaryl/α,β-unsaturated/α-hetero) is 2. The number of nitrogens with zero attached hydrogens (tertiary/aromatic N) is 2. The van der Waals surface area contributed by atoms with Crippen molar-refractivity contribution in [2.45, 2.75) is 77.7 Å². The summed E-state index contributed by atoms with van der Waals surface area (Å²) in [5, 5.41) is 14.3. The lowest BCUT2D eigenvalue weighted by molar-refractivity contribution is -0.124. The van der Waals surface area contributed by atoms with Gasteiger partial charge in [-0.15, -0.1) is 0 Å². The number of nitrogens with one attached hydrogen (secondary N) is 1. The van der Waals surface area contributed by atoms with E-state index in [0.29, 0.717) is 36.3 Å². The summed E-state index contributed by atoms with van der Waals surface area (Å²) in [4.78, 5) is 44.2. The molecule has 5 unspecified atom stereocenters. The number of carbonyl (C=O) groups is 3. The smallest absolute Gasteiger partial charge is 0.236 e. The number of benzene rings is 1. The minimum Gasteiger partial charge on any atom is -0.504 e. The third kappa shape index (κ3) is 4.52. The average molecular weight is 555 g/mol. The fourth-order valence-electron chi connectivity index (χ4n) is 6.89. The largest absolute Gasteiger partial charge is 0.504 e. The molecule has 2 bridgehead atoms. The van der Waals surface area contributed by atoms with Crippen LogP contribution in [0.3, 0.4) is 0 Å². The first-order valence-corrected chi connectivity index (χ1v) is 14.0. The fourth-order valence-corrected chi connectivity index (χ4v) is 6.89. The summed E-state index contributed by atoms with van der Waals surface area (Å²) in [6.07, 6.45) is 1.05. The van der Waals surface area contributed by atoms with Crippen LogP contribution >= 0.6 is 0 Å². The van der Waals surface area contributed by atoms with Crippen LogP contribution in [0.25, 0.3) is 0 Å². The Labute approximate surface area is 236 Å². The number of rotatable bonds is 5. The zero-order valence-electron chi connectivity index (χ0n) is 24.8. The van der Waals surface area contributed by atoms with Crippen molar-refractivity contribution in [1.29, 1.82) is 0 Å². The second-order valence-electron chi connectivity index (χ2n) is 10.8. The standard InChI is InChI=1S/C28H36N4O6.C2H6/c1-12-7-15-8-16-11-32-18(22(31(16)4)20(15)24(34)26(12)37-5)9-17-21(19(32)10-30-28(36)14(3)29)25(35)27(38-6)13(2)23(17)33;1-2/h7,14,16,18-19,22,34H,8-11,29H2,1-6H3,(H,30,36);1-2H3. The van der Waals surface area contributed by atoms with Gasteiger partial charge in [-0.1, -0.05) is 19.9 Å². The molecule has 5 rings (SSSR count). The number of nitrogens with two attached hydrogens (primary N) is 1. The molecule has 0 spiro atoms. The van der Waals surface area contributed by atoms with Gasteiger partial charge in [-0.2, -0.15) is 0 Å². The maximum atomic E-state index is 13.7. The number of likely N-dealkylation sites (N-methyl/N-ethyl adjacent to an activating group) is 1. The summed E-state index contributed by atoms with van der Waals surface area (Å²) in [6.45, 7) is 9.89. The van der Waals surface area contributed by atoms with Gasteiger partial charge in [-0.05, 0) is 51.8 Å². The van der Waals surface area contributed by atoms with Crippen LogP contribution in [0.1, 0.15) is 56.8 Å². The maximum absolute atomic E-state index is 13.7. The molecule has 40 heavy (non-hydrogen) atoms. The number of allylic oxidation sites excluding steroid dienone is 2. The van der Waals surface area contributed by atoms with Gasteiger partial charge in [-0.3, -0.25) is 24.2 Å². The van der Waals surface area contributed by atoms with E-state index in [1.54, 1.807) is 21.0 Å². The first kappa shape index (κ1) is 29.8. The predicted molar refractivity (Wildman–Crippen MR) is 151 cm³/mol. The predicted octanol–water partition coefficient (Wildman–Crippen LogP) is 1.92. The van der Waals surface area contributed by atoms with Crippen LogP contribution in [0.2, 0.25) is 0 Å². The molecule has 0 saturated carbocycles. The third-order valence-electron chi connectivity index (χ3n) is 8.71. The van der Waals surface area contributed by atoms with Crippen LogP contribution in [0.5, 0.6) is 11.5 Å². The molecule has 1 fully saturated rings. The molecule has 4 N–H and O–H groups in total. The molecule has 218 valence electrons. The van der Waals surface area contributed by atoms with Crippen LogP contribution in [-0.2, 0) is 25.5 Å². The van der Waals surface area contributed by atoms with Crippen molar-refractivity contribution >= 4 is 17.5 Å². The Morgan fingerprint density at radius 1 is 1.18 bits per heavy atom. The summed E-state index contributed by atoms with van der Waals surface area (Å²) < 4.78 is 10.9. The molecule has 1 aromatic carbocycles. The van der Waals surface area contributed by atoms with Gasteiger partial charge in [0.2, 0.25) is 11.7 Å². The number of fused-ring (bicyclic) bond motifs is 6. The Kier molecular flexibility index (Phi) is 8.44. The fraction of sp³-hybridized carbons (Fsp3) is 0.567. The van der Waals surface area contributed by atoms with E-state index in [-0.39, 0.29) is 59.2 Å². The molecule has 4 aliphatic rings. The Balaban J connectivity index is 0.00000181. The van der Waals surface area contributed by atoms with Gasteiger partial charge in [0.05, 0.1) is 32.3 Å². The number of ketones is 2. The summed E-state index contributed by atoms with van der Waals surface area (Å²) in [6, 6.07) is 0.461. The first-order chi connectivity index (χ1) is 19.0. The number of piperazine rings is 1. The number of amides is 1. The quantitative estimate of drug-likeness (QED) is 0.467. The Bertz CT molecular complexity index is 1300. The molecule has 3 heterocycles. The van der Waals surface area contributed by atoms with Crippen molar-refractivity contribution in [1.82, 2.24) is 15.1 Å². The molecular weight excluding hydrogens is 512 g/mol. The van der Waals surface area contributed by atoms with E-state index in [2.05, 4.69) is 21.2 Å². The molecule has 3 aliphatic heterocycles. The number of aromatic hydroxyl groups is 1. The SMILES string of the molecule is CC.COC1=C(C)C(=O)C2=C(C1=O)C(CNC(=O)C(C)N)N1CC3Cc4cc(C)c(OC)c(O)c4C(C1C2)N3C. The van der Waals surface area contributed by atoms with Gasteiger partial charge in [-0.25, -0.2) is 0 Å². The van der Waals surface area contributed by atoms with Crippen molar-refractivity contribution in [3.05, 3.63) is 45.2 Å². The molecule has 5 atom stereocenters. The van der Waals surface area contributed by atoms with Gasteiger partial charge < -0.3 is 25.6 Å².